The van der Waals surface area contributed by atoms with Gasteiger partial charge in [0, 0.05) is 33.9 Å². The number of nitrogens with zero attached hydrogens (tertiary/aromatic N) is 2. The van der Waals surface area contributed by atoms with Gasteiger partial charge in [-0.3, -0.25) is 14.9 Å². The highest BCUT2D eigenvalue weighted by Crippen LogP contribution is 2.22. The van der Waals surface area contributed by atoms with Crippen LogP contribution in [0.2, 0.25) is 0 Å². The number of nitro benzene ring substituents is 1. The fraction of sp³-hybridized carbons (Fsp3) is 0.0476. The van der Waals surface area contributed by atoms with E-state index in [1.807, 2.05) is 30.3 Å². The largest absolute Gasteiger partial charge is 0.271 e. The molecule has 0 aliphatic rings. The summed E-state index contributed by atoms with van der Waals surface area (Å²) in [6.07, 6.45) is 1.37. The second-order valence-corrected chi connectivity index (χ2v) is 6.90. The molecule has 6 nitrogen and oxygen atoms in total. The molecule has 0 aliphatic carbocycles. The van der Waals surface area contributed by atoms with Crippen molar-refractivity contribution in [3.63, 3.8) is 0 Å². The van der Waals surface area contributed by atoms with E-state index in [0.29, 0.717) is 11.1 Å². The van der Waals surface area contributed by atoms with Crippen LogP contribution in [0.25, 0.3) is 0 Å². The molecule has 3 aromatic rings. The first kappa shape index (κ1) is 19.3. The SMILES string of the molecule is O=C(N/N=C\c1cccc([N+](=O)[O-])c1)c1ccc(CSc2ccccc2)cc1. The number of hydrogen-bond acceptors (Lipinski definition) is 5. The van der Waals surface area contributed by atoms with Crippen molar-refractivity contribution in [3.8, 4) is 0 Å². The highest BCUT2D eigenvalue weighted by molar-refractivity contribution is 7.98. The Morgan fingerprint density at radius 2 is 1.79 bits per heavy atom. The summed E-state index contributed by atoms with van der Waals surface area (Å²) < 4.78 is 0. The Morgan fingerprint density at radius 1 is 1.04 bits per heavy atom. The van der Waals surface area contributed by atoms with Crippen molar-refractivity contribution in [3.05, 3.63) is 106 Å². The molecule has 7 heteroatoms. The van der Waals surface area contributed by atoms with Crippen LogP contribution in [-0.2, 0) is 5.75 Å². The Hall–Kier alpha value is -3.45. The number of nitrogens with one attached hydrogen (secondary N) is 1. The molecule has 3 aromatic carbocycles. The Bertz CT molecular complexity index is 989. The number of non-ortho nitro benzene ring substituents is 1. The Labute approximate surface area is 166 Å². The lowest BCUT2D eigenvalue weighted by molar-refractivity contribution is -0.384. The Morgan fingerprint density at radius 3 is 2.50 bits per heavy atom. The van der Waals surface area contributed by atoms with Gasteiger partial charge in [-0.1, -0.05) is 42.5 Å². The van der Waals surface area contributed by atoms with E-state index >= 15 is 0 Å². The van der Waals surface area contributed by atoms with Crippen LogP contribution in [0.15, 0.2) is 88.9 Å². The summed E-state index contributed by atoms with van der Waals surface area (Å²) in [5, 5.41) is 14.6. The van der Waals surface area contributed by atoms with Gasteiger partial charge in [-0.2, -0.15) is 5.10 Å². The predicted octanol–water partition coefficient (Wildman–Crippen LogP) is 4.65. The Kier molecular flexibility index (Phi) is 6.54. The molecule has 0 bridgehead atoms. The van der Waals surface area contributed by atoms with Gasteiger partial charge >= 0.3 is 0 Å². The second kappa shape index (κ2) is 9.48. The maximum absolute atomic E-state index is 12.2. The van der Waals surface area contributed by atoms with Crippen molar-refractivity contribution in [2.45, 2.75) is 10.6 Å². The van der Waals surface area contributed by atoms with Crippen molar-refractivity contribution in [1.29, 1.82) is 0 Å². The topological polar surface area (TPSA) is 84.6 Å². The number of carbonyl (C=O) groups excluding carboxylic acids is 1. The average molecular weight is 391 g/mol. The molecule has 1 amide bonds. The van der Waals surface area contributed by atoms with Gasteiger partial charge in [-0.25, -0.2) is 5.43 Å². The van der Waals surface area contributed by atoms with E-state index in [-0.39, 0.29) is 11.6 Å². The minimum absolute atomic E-state index is 0.0285. The van der Waals surface area contributed by atoms with Gasteiger partial charge < -0.3 is 0 Å². The Balaban J connectivity index is 1.54. The molecular weight excluding hydrogens is 374 g/mol. The van der Waals surface area contributed by atoms with Crippen molar-refractivity contribution >= 4 is 29.6 Å². The number of hydrazone groups is 1. The van der Waals surface area contributed by atoms with E-state index in [9.17, 15) is 14.9 Å². The van der Waals surface area contributed by atoms with E-state index in [1.165, 1.54) is 23.2 Å². The lowest BCUT2D eigenvalue weighted by Gasteiger charge is -2.04. The van der Waals surface area contributed by atoms with E-state index in [4.69, 9.17) is 0 Å². The maximum Gasteiger partial charge on any atom is 0.271 e. The van der Waals surface area contributed by atoms with Crippen LogP contribution < -0.4 is 5.43 Å². The molecule has 0 aliphatic heterocycles. The van der Waals surface area contributed by atoms with E-state index in [2.05, 4.69) is 22.7 Å². The smallest absolute Gasteiger partial charge is 0.267 e. The van der Waals surface area contributed by atoms with Gasteiger partial charge in [0.15, 0.2) is 0 Å². The molecule has 3 rings (SSSR count). The van der Waals surface area contributed by atoms with Crippen LogP contribution in [0.4, 0.5) is 5.69 Å². The third-order valence-corrected chi connectivity index (χ3v) is 4.91. The van der Waals surface area contributed by atoms with Crippen LogP contribution in [0, 0.1) is 10.1 Å². The van der Waals surface area contributed by atoms with Gasteiger partial charge in [0.2, 0.25) is 0 Å². The van der Waals surface area contributed by atoms with E-state index < -0.39 is 4.92 Å². The van der Waals surface area contributed by atoms with Crippen molar-refractivity contribution in [1.82, 2.24) is 5.43 Å². The van der Waals surface area contributed by atoms with Gasteiger partial charge in [-0.15, -0.1) is 11.8 Å². The van der Waals surface area contributed by atoms with Gasteiger partial charge in [0.25, 0.3) is 11.6 Å². The average Bonchev–Trinajstić information content (AvgIpc) is 2.73. The molecular formula is C21H17N3O3S. The third kappa shape index (κ3) is 5.52. The van der Waals surface area contributed by atoms with Crippen LogP contribution in [-0.4, -0.2) is 17.0 Å². The standard InChI is InChI=1S/C21H17N3O3S/c25-21(23-22-14-17-5-4-6-19(13-17)24(26)27)18-11-9-16(10-12-18)15-28-20-7-2-1-3-8-20/h1-14H,15H2,(H,23,25)/b22-14-. The third-order valence-electron chi connectivity index (χ3n) is 3.83. The predicted molar refractivity (Wildman–Crippen MR) is 111 cm³/mol. The normalized spacial score (nSPS) is 10.7. The lowest BCUT2D eigenvalue weighted by Crippen LogP contribution is -2.17. The highest BCUT2D eigenvalue weighted by Gasteiger charge is 2.06. The maximum atomic E-state index is 12.2. The molecule has 0 radical (unpaired) electrons. The molecule has 0 atom stereocenters. The quantitative estimate of drug-likeness (QED) is 0.275. The van der Waals surface area contributed by atoms with Crippen LogP contribution in [0.3, 0.4) is 0 Å². The zero-order valence-corrected chi connectivity index (χ0v) is 15.6. The zero-order chi connectivity index (χ0) is 19.8. The minimum atomic E-state index is -0.479. The van der Waals surface area contributed by atoms with E-state index in [0.717, 1.165) is 11.3 Å². The fourth-order valence-corrected chi connectivity index (χ4v) is 3.26. The van der Waals surface area contributed by atoms with Crippen LogP contribution in [0.5, 0.6) is 0 Å². The molecule has 0 fully saturated rings. The summed E-state index contributed by atoms with van der Waals surface area (Å²) in [5.41, 5.74) is 4.54. The van der Waals surface area contributed by atoms with Crippen LogP contribution >= 0.6 is 11.8 Å². The molecule has 140 valence electrons. The first-order chi connectivity index (χ1) is 13.6. The number of hydrogen-bond donors (Lipinski definition) is 1. The summed E-state index contributed by atoms with van der Waals surface area (Å²) in [6.45, 7) is 0. The van der Waals surface area contributed by atoms with Gasteiger partial charge in [0.1, 0.15) is 0 Å². The van der Waals surface area contributed by atoms with Crippen molar-refractivity contribution in [2.24, 2.45) is 5.10 Å². The summed E-state index contributed by atoms with van der Waals surface area (Å²) in [6, 6.07) is 23.4. The molecule has 28 heavy (non-hydrogen) atoms. The summed E-state index contributed by atoms with van der Waals surface area (Å²) in [4.78, 5) is 23.6. The monoisotopic (exact) mass is 391 g/mol. The molecule has 0 spiro atoms. The molecule has 0 saturated carbocycles. The van der Waals surface area contributed by atoms with Gasteiger partial charge in [-0.05, 0) is 29.8 Å². The lowest BCUT2D eigenvalue weighted by atomic mass is 10.1. The molecule has 1 N–H and O–H groups in total. The number of amides is 1. The number of thioether (sulfide) groups is 1. The summed E-state index contributed by atoms with van der Waals surface area (Å²) in [5.74, 6) is 0.473. The van der Waals surface area contributed by atoms with Gasteiger partial charge in [0.05, 0.1) is 11.1 Å². The first-order valence-electron chi connectivity index (χ1n) is 8.46. The fourth-order valence-electron chi connectivity index (χ4n) is 2.38. The molecule has 0 saturated heterocycles. The van der Waals surface area contributed by atoms with Crippen LogP contribution in [0.1, 0.15) is 21.5 Å². The summed E-state index contributed by atoms with van der Waals surface area (Å²) in [7, 11) is 0. The van der Waals surface area contributed by atoms with Crippen molar-refractivity contribution < 1.29 is 9.72 Å². The molecule has 0 heterocycles. The second-order valence-electron chi connectivity index (χ2n) is 5.85. The number of benzene rings is 3. The highest BCUT2D eigenvalue weighted by atomic mass is 32.2. The number of rotatable bonds is 7. The number of carbonyl (C=O) groups is 1. The number of nitro groups is 1. The van der Waals surface area contributed by atoms with E-state index in [1.54, 1.807) is 36.0 Å². The minimum Gasteiger partial charge on any atom is -0.267 e. The zero-order valence-electron chi connectivity index (χ0n) is 14.8. The summed E-state index contributed by atoms with van der Waals surface area (Å²) >= 11 is 1.73. The first-order valence-corrected chi connectivity index (χ1v) is 9.45. The van der Waals surface area contributed by atoms with Crippen molar-refractivity contribution in [2.75, 3.05) is 0 Å². The molecule has 0 aromatic heterocycles. The molecule has 0 unspecified atom stereocenters.